The molecule has 0 bridgehead atoms. The molecule has 0 spiro atoms. The van der Waals surface area contributed by atoms with Crippen LogP contribution in [0.3, 0.4) is 0 Å². The van der Waals surface area contributed by atoms with Crippen molar-refractivity contribution in [2.75, 3.05) is 0 Å². The van der Waals surface area contributed by atoms with Gasteiger partial charge in [-0.3, -0.25) is 4.98 Å². The van der Waals surface area contributed by atoms with Crippen molar-refractivity contribution in [2.24, 2.45) is 0 Å². The van der Waals surface area contributed by atoms with Gasteiger partial charge in [-0.05, 0) is 0 Å². The number of aromatic nitrogens is 2. The van der Waals surface area contributed by atoms with Crippen LogP contribution in [0.1, 0.15) is 32.4 Å². The topological polar surface area (TPSA) is 38.9 Å². The van der Waals surface area contributed by atoms with Gasteiger partial charge in [-0.15, -0.1) is 23.1 Å². The maximum absolute atomic E-state index is 5.70. The average molecular weight is 254 g/mol. The summed E-state index contributed by atoms with van der Waals surface area (Å²) in [5, 5.41) is 0. The Bertz CT molecular complexity index is 443. The van der Waals surface area contributed by atoms with E-state index in [0.717, 1.165) is 17.4 Å². The Morgan fingerprint density at radius 1 is 1.38 bits per heavy atom. The fourth-order valence-electron chi connectivity index (χ4n) is 1.13. The molecule has 0 atom stereocenters. The molecular formula is C11H14N2OS2. The van der Waals surface area contributed by atoms with Gasteiger partial charge in [0.2, 0.25) is 5.89 Å². The predicted octanol–water partition coefficient (Wildman–Crippen LogP) is 3.72. The third kappa shape index (κ3) is 2.86. The van der Waals surface area contributed by atoms with Crippen molar-refractivity contribution in [3.05, 3.63) is 29.6 Å². The van der Waals surface area contributed by atoms with Crippen LogP contribution in [0.2, 0.25) is 0 Å². The van der Waals surface area contributed by atoms with Crippen molar-refractivity contribution in [2.45, 2.75) is 36.1 Å². The zero-order valence-corrected chi connectivity index (χ0v) is 11.2. The number of thiazole rings is 1. The van der Waals surface area contributed by atoms with E-state index < -0.39 is 0 Å². The minimum atomic E-state index is 0.0282. The molecule has 0 unspecified atom stereocenters. The summed E-state index contributed by atoms with van der Waals surface area (Å²) in [5.74, 6) is 2.48. The van der Waals surface area contributed by atoms with Crippen LogP contribution < -0.4 is 0 Å². The Morgan fingerprint density at radius 3 is 2.75 bits per heavy atom. The van der Waals surface area contributed by atoms with E-state index >= 15 is 0 Å². The van der Waals surface area contributed by atoms with Gasteiger partial charge in [-0.2, -0.15) is 0 Å². The predicted molar refractivity (Wildman–Crippen MR) is 66.9 cm³/mol. The van der Waals surface area contributed by atoms with E-state index in [1.165, 1.54) is 4.21 Å². The molecule has 2 rings (SSSR count). The molecule has 16 heavy (non-hydrogen) atoms. The molecule has 0 aliphatic rings. The summed E-state index contributed by atoms with van der Waals surface area (Å²) >= 11 is 3.34. The first-order valence-electron chi connectivity index (χ1n) is 5.02. The van der Waals surface area contributed by atoms with E-state index in [1.807, 2.05) is 17.9 Å². The van der Waals surface area contributed by atoms with E-state index in [1.54, 1.807) is 23.1 Å². The minimum Gasteiger partial charge on any atom is -0.444 e. The van der Waals surface area contributed by atoms with Crippen LogP contribution in [0, 0.1) is 0 Å². The maximum Gasteiger partial charge on any atom is 0.204 e. The molecule has 0 saturated carbocycles. The Labute approximate surface area is 103 Å². The number of oxazole rings is 1. The highest BCUT2D eigenvalue weighted by Crippen LogP contribution is 2.28. The molecule has 2 aromatic rings. The highest BCUT2D eigenvalue weighted by molar-refractivity contribution is 8.00. The minimum absolute atomic E-state index is 0.0282. The Hall–Kier alpha value is -0.810. The molecule has 0 amide bonds. The molecule has 86 valence electrons. The monoisotopic (exact) mass is 254 g/mol. The molecule has 0 aliphatic carbocycles. The zero-order valence-electron chi connectivity index (χ0n) is 9.56. The number of thioether (sulfide) groups is 1. The molecule has 5 heteroatoms. The lowest BCUT2D eigenvalue weighted by Crippen LogP contribution is -2.09. The van der Waals surface area contributed by atoms with E-state index in [0.29, 0.717) is 0 Å². The molecule has 2 heterocycles. The summed E-state index contributed by atoms with van der Waals surface area (Å²) < 4.78 is 6.89. The number of nitrogens with zero attached hydrogens (tertiary/aromatic N) is 2. The first-order chi connectivity index (χ1) is 7.55. The van der Waals surface area contributed by atoms with Crippen LogP contribution in [0.25, 0.3) is 0 Å². The van der Waals surface area contributed by atoms with Crippen LogP contribution >= 0.6 is 23.1 Å². The molecule has 0 radical (unpaired) electrons. The molecule has 0 aromatic carbocycles. The first-order valence-corrected chi connectivity index (χ1v) is 6.89. The van der Waals surface area contributed by atoms with Crippen LogP contribution in [0.15, 0.2) is 26.5 Å². The van der Waals surface area contributed by atoms with Crippen molar-refractivity contribution in [1.82, 2.24) is 9.97 Å². The van der Waals surface area contributed by atoms with Crippen LogP contribution in [0.4, 0.5) is 0 Å². The summed E-state index contributed by atoms with van der Waals surface area (Å²) in [4.78, 5) is 8.30. The largest absolute Gasteiger partial charge is 0.444 e. The average Bonchev–Trinajstić information content (AvgIpc) is 2.85. The standard InChI is InChI=1S/C11H14N2OS2/c1-11(2,3)8-4-13-9(14-8)6-15-10-5-12-7-16-10/h4-5,7H,6H2,1-3H3. The smallest absolute Gasteiger partial charge is 0.204 e. The maximum atomic E-state index is 5.70. The number of hydrogen-bond donors (Lipinski definition) is 0. The summed E-state index contributed by atoms with van der Waals surface area (Å²) in [6.45, 7) is 6.36. The van der Waals surface area contributed by atoms with Crippen molar-refractivity contribution in [3.63, 3.8) is 0 Å². The normalized spacial score (nSPS) is 11.9. The Balaban J connectivity index is 1.98. The van der Waals surface area contributed by atoms with Gasteiger partial charge in [0.05, 0.1) is 27.9 Å². The number of rotatable bonds is 3. The van der Waals surface area contributed by atoms with Gasteiger partial charge in [0, 0.05) is 5.41 Å². The third-order valence-electron chi connectivity index (χ3n) is 2.04. The van der Waals surface area contributed by atoms with Crippen molar-refractivity contribution in [1.29, 1.82) is 0 Å². The summed E-state index contributed by atoms with van der Waals surface area (Å²) in [6.07, 6.45) is 3.69. The lowest BCUT2D eigenvalue weighted by atomic mass is 9.94. The highest BCUT2D eigenvalue weighted by Gasteiger charge is 2.19. The van der Waals surface area contributed by atoms with Gasteiger partial charge < -0.3 is 4.42 Å². The molecular weight excluding hydrogens is 240 g/mol. The summed E-state index contributed by atoms with van der Waals surface area (Å²) in [7, 11) is 0. The second kappa shape index (κ2) is 4.59. The SMILES string of the molecule is CC(C)(C)c1cnc(CSc2cncs2)o1. The van der Waals surface area contributed by atoms with Gasteiger partial charge >= 0.3 is 0 Å². The van der Waals surface area contributed by atoms with Crippen LogP contribution in [0.5, 0.6) is 0 Å². The van der Waals surface area contributed by atoms with E-state index in [2.05, 4.69) is 30.7 Å². The van der Waals surface area contributed by atoms with E-state index in [-0.39, 0.29) is 5.41 Å². The molecule has 0 fully saturated rings. The second-order valence-electron chi connectivity index (χ2n) is 4.48. The molecule has 3 nitrogen and oxygen atoms in total. The highest BCUT2D eigenvalue weighted by atomic mass is 32.2. The van der Waals surface area contributed by atoms with Gasteiger partial charge in [-0.1, -0.05) is 20.8 Å². The molecule has 2 aromatic heterocycles. The molecule has 0 aliphatic heterocycles. The van der Waals surface area contributed by atoms with Crippen LogP contribution in [-0.2, 0) is 11.2 Å². The lowest BCUT2D eigenvalue weighted by molar-refractivity contribution is 0.391. The Morgan fingerprint density at radius 2 is 2.19 bits per heavy atom. The lowest BCUT2D eigenvalue weighted by Gasteiger charge is -2.12. The van der Waals surface area contributed by atoms with Gasteiger partial charge in [0.1, 0.15) is 5.76 Å². The number of hydrogen-bond acceptors (Lipinski definition) is 5. The fraction of sp³-hybridized carbons (Fsp3) is 0.455. The van der Waals surface area contributed by atoms with Crippen molar-refractivity contribution >= 4 is 23.1 Å². The second-order valence-corrected chi connectivity index (χ2v) is 6.64. The fourth-order valence-corrected chi connectivity index (χ4v) is 2.59. The van der Waals surface area contributed by atoms with Gasteiger partial charge in [0.25, 0.3) is 0 Å². The van der Waals surface area contributed by atoms with Crippen LogP contribution in [-0.4, -0.2) is 9.97 Å². The Kier molecular flexibility index (Phi) is 3.35. The third-order valence-corrected chi connectivity index (χ3v) is 4.03. The first kappa shape index (κ1) is 11.7. The van der Waals surface area contributed by atoms with Gasteiger partial charge in [0.15, 0.2) is 0 Å². The van der Waals surface area contributed by atoms with E-state index in [4.69, 9.17) is 4.42 Å². The molecule has 0 N–H and O–H groups in total. The van der Waals surface area contributed by atoms with E-state index in [9.17, 15) is 0 Å². The van der Waals surface area contributed by atoms with Crippen molar-refractivity contribution < 1.29 is 4.42 Å². The summed E-state index contributed by atoms with van der Waals surface area (Å²) in [5.41, 5.74) is 1.86. The van der Waals surface area contributed by atoms with Crippen molar-refractivity contribution in [3.8, 4) is 0 Å². The summed E-state index contributed by atoms with van der Waals surface area (Å²) in [6, 6.07) is 0. The zero-order chi connectivity index (χ0) is 11.6. The van der Waals surface area contributed by atoms with Gasteiger partial charge in [-0.25, -0.2) is 4.98 Å². The molecule has 0 saturated heterocycles. The quantitative estimate of drug-likeness (QED) is 0.782.